The van der Waals surface area contributed by atoms with Crippen molar-refractivity contribution in [2.24, 2.45) is 0 Å². The van der Waals surface area contributed by atoms with E-state index in [9.17, 15) is 0 Å². The molecule has 1 heterocycles. The van der Waals surface area contributed by atoms with Gasteiger partial charge in [-0.3, -0.25) is 4.68 Å². The Hall–Kier alpha value is -1.32. The zero-order valence-electron chi connectivity index (χ0n) is 11.7. The SMILES string of the molecule is CCn1nc(C)cc1C(Cc1cccc(Cl)c1)NC. The smallest absolute Gasteiger partial charge is 0.0597 e. The molecule has 0 aliphatic carbocycles. The van der Waals surface area contributed by atoms with Crippen molar-refractivity contribution >= 4 is 11.6 Å². The second-order valence-electron chi connectivity index (χ2n) is 4.70. The van der Waals surface area contributed by atoms with Crippen molar-refractivity contribution in [2.75, 3.05) is 7.05 Å². The van der Waals surface area contributed by atoms with Gasteiger partial charge in [0.25, 0.3) is 0 Å². The summed E-state index contributed by atoms with van der Waals surface area (Å²) in [6.45, 7) is 5.03. The van der Waals surface area contributed by atoms with E-state index < -0.39 is 0 Å². The Morgan fingerprint density at radius 2 is 2.16 bits per heavy atom. The lowest BCUT2D eigenvalue weighted by Crippen LogP contribution is -2.22. The van der Waals surface area contributed by atoms with Crippen LogP contribution in [-0.2, 0) is 13.0 Å². The third-order valence-corrected chi connectivity index (χ3v) is 3.50. The lowest BCUT2D eigenvalue weighted by molar-refractivity contribution is 0.512. The first-order valence-corrected chi connectivity index (χ1v) is 6.98. The number of hydrogen-bond donors (Lipinski definition) is 1. The summed E-state index contributed by atoms with van der Waals surface area (Å²) in [4.78, 5) is 0. The van der Waals surface area contributed by atoms with E-state index in [1.54, 1.807) is 0 Å². The van der Waals surface area contributed by atoms with Gasteiger partial charge in [-0.2, -0.15) is 5.10 Å². The van der Waals surface area contributed by atoms with Crippen LogP contribution in [0.3, 0.4) is 0 Å². The molecule has 3 nitrogen and oxygen atoms in total. The molecule has 0 saturated carbocycles. The highest BCUT2D eigenvalue weighted by Crippen LogP contribution is 2.21. The van der Waals surface area contributed by atoms with Gasteiger partial charge in [0.2, 0.25) is 0 Å². The van der Waals surface area contributed by atoms with Crippen LogP contribution in [0.5, 0.6) is 0 Å². The van der Waals surface area contributed by atoms with Crippen LogP contribution < -0.4 is 5.32 Å². The molecule has 2 rings (SSSR count). The molecule has 2 aromatic rings. The Bertz CT molecular complexity index is 548. The van der Waals surface area contributed by atoms with Crippen molar-refractivity contribution < 1.29 is 0 Å². The van der Waals surface area contributed by atoms with Crippen LogP contribution in [0.2, 0.25) is 5.02 Å². The topological polar surface area (TPSA) is 29.9 Å². The van der Waals surface area contributed by atoms with Crippen LogP contribution in [0.4, 0.5) is 0 Å². The number of halogens is 1. The minimum atomic E-state index is 0.250. The molecule has 0 bridgehead atoms. The molecule has 1 aromatic heterocycles. The maximum atomic E-state index is 6.04. The molecule has 1 unspecified atom stereocenters. The molecular formula is C15H20ClN3. The second-order valence-corrected chi connectivity index (χ2v) is 5.14. The third kappa shape index (κ3) is 3.37. The maximum Gasteiger partial charge on any atom is 0.0597 e. The summed E-state index contributed by atoms with van der Waals surface area (Å²) in [5.74, 6) is 0. The summed E-state index contributed by atoms with van der Waals surface area (Å²) < 4.78 is 2.06. The zero-order valence-corrected chi connectivity index (χ0v) is 12.4. The minimum Gasteiger partial charge on any atom is -0.311 e. The van der Waals surface area contributed by atoms with Crippen molar-refractivity contribution in [1.82, 2.24) is 15.1 Å². The second kappa shape index (κ2) is 6.22. The Kier molecular flexibility index (Phi) is 4.61. The van der Waals surface area contributed by atoms with Gasteiger partial charge >= 0.3 is 0 Å². The normalized spacial score (nSPS) is 12.6. The molecule has 1 N–H and O–H groups in total. The van der Waals surface area contributed by atoms with E-state index in [0.717, 1.165) is 23.7 Å². The van der Waals surface area contributed by atoms with Gasteiger partial charge in [-0.25, -0.2) is 0 Å². The standard InChI is InChI=1S/C15H20ClN3/c1-4-19-15(8-11(2)18-19)14(17-3)10-12-6-5-7-13(16)9-12/h5-9,14,17H,4,10H2,1-3H3. The molecule has 1 atom stereocenters. The van der Waals surface area contributed by atoms with Gasteiger partial charge in [-0.15, -0.1) is 0 Å². The number of aryl methyl sites for hydroxylation is 2. The van der Waals surface area contributed by atoms with Crippen molar-refractivity contribution in [2.45, 2.75) is 32.9 Å². The molecular weight excluding hydrogens is 258 g/mol. The van der Waals surface area contributed by atoms with Gasteiger partial charge < -0.3 is 5.32 Å². The number of aromatic nitrogens is 2. The first kappa shape index (κ1) is 14.1. The minimum absolute atomic E-state index is 0.250. The molecule has 4 heteroatoms. The molecule has 0 aliphatic heterocycles. The van der Waals surface area contributed by atoms with Crippen LogP contribution >= 0.6 is 11.6 Å². The Balaban J connectivity index is 2.24. The van der Waals surface area contributed by atoms with Crippen molar-refractivity contribution in [3.05, 3.63) is 52.3 Å². The summed E-state index contributed by atoms with van der Waals surface area (Å²) in [6.07, 6.45) is 0.905. The number of rotatable bonds is 5. The molecule has 0 amide bonds. The van der Waals surface area contributed by atoms with E-state index in [1.165, 1.54) is 11.3 Å². The van der Waals surface area contributed by atoms with E-state index in [-0.39, 0.29) is 6.04 Å². The number of benzene rings is 1. The van der Waals surface area contributed by atoms with Crippen LogP contribution in [0.25, 0.3) is 0 Å². The first-order valence-electron chi connectivity index (χ1n) is 6.60. The predicted molar refractivity (Wildman–Crippen MR) is 79.6 cm³/mol. The highest BCUT2D eigenvalue weighted by molar-refractivity contribution is 6.30. The third-order valence-electron chi connectivity index (χ3n) is 3.27. The van der Waals surface area contributed by atoms with Gasteiger partial charge in [0.1, 0.15) is 0 Å². The summed E-state index contributed by atoms with van der Waals surface area (Å²) >= 11 is 6.04. The Labute approximate surface area is 119 Å². The van der Waals surface area contributed by atoms with Gasteiger partial charge in [-0.1, -0.05) is 23.7 Å². The molecule has 19 heavy (non-hydrogen) atoms. The van der Waals surface area contributed by atoms with Gasteiger partial charge in [0, 0.05) is 11.6 Å². The van der Waals surface area contributed by atoms with Crippen LogP contribution in [0, 0.1) is 6.92 Å². The van der Waals surface area contributed by atoms with Gasteiger partial charge in [0.15, 0.2) is 0 Å². The van der Waals surface area contributed by atoms with Crippen LogP contribution in [-0.4, -0.2) is 16.8 Å². The van der Waals surface area contributed by atoms with Crippen molar-refractivity contribution in [1.29, 1.82) is 0 Å². The van der Waals surface area contributed by atoms with Crippen molar-refractivity contribution in [3.8, 4) is 0 Å². The van der Waals surface area contributed by atoms with E-state index in [4.69, 9.17) is 11.6 Å². The molecule has 1 aromatic carbocycles. The number of likely N-dealkylation sites (N-methyl/N-ethyl adjacent to an activating group) is 1. The lowest BCUT2D eigenvalue weighted by atomic mass is 10.0. The fourth-order valence-electron chi connectivity index (χ4n) is 2.35. The summed E-state index contributed by atoms with van der Waals surface area (Å²) in [6, 6.07) is 10.4. The van der Waals surface area contributed by atoms with Gasteiger partial charge in [-0.05, 0) is 51.1 Å². The average Bonchev–Trinajstić information content (AvgIpc) is 2.77. The number of nitrogens with one attached hydrogen (secondary N) is 1. The molecule has 0 aliphatic rings. The summed E-state index contributed by atoms with van der Waals surface area (Å²) in [7, 11) is 1.98. The Morgan fingerprint density at radius 1 is 1.37 bits per heavy atom. The summed E-state index contributed by atoms with van der Waals surface area (Å²) in [5, 5.41) is 8.66. The molecule has 102 valence electrons. The molecule has 0 fully saturated rings. The fraction of sp³-hybridized carbons (Fsp3) is 0.400. The molecule has 0 saturated heterocycles. The monoisotopic (exact) mass is 277 g/mol. The van der Waals surface area contributed by atoms with E-state index in [1.807, 2.05) is 32.2 Å². The largest absolute Gasteiger partial charge is 0.311 e. The summed E-state index contributed by atoms with van der Waals surface area (Å²) in [5.41, 5.74) is 3.51. The predicted octanol–water partition coefficient (Wildman–Crippen LogP) is 3.37. The number of hydrogen-bond acceptors (Lipinski definition) is 2. The lowest BCUT2D eigenvalue weighted by Gasteiger charge is -2.17. The zero-order chi connectivity index (χ0) is 13.8. The van der Waals surface area contributed by atoms with Crippen LogP contribution in [0.1, 0.15) is 29.9 Å². The Morgan fingerprint density at radius 3 is 2.79 bits per heavy atom. The molecule has 0 spiro atoms. The maximum absolute atomic E-state index is 6.04. The van der Waals surface area contributed by atoms with Crippen LogP contribution in [0.15, 0.2) is 30.3 Å². The highest BCUT2D eigenvalue weighted by Gasteiger charge is 2.15. The van der Waals surface area contributed by atoms with Gasteiger partial charge in [0.05, 0.1) is 17.4 Å². The quantitative estimate of drug-likeness (QED) is 0.908. The number of nitrogens with zero attached hydrogens (tertiary/aromatic N) is 2. The average molecular weight is 278 g/mol. The van der Waals surface area contributed by atoms with Crippen molar-refractivity contribution in [3.63, 3.8) is 0 Å². The molecule has 0 radical (unpaired) electrons. The first-order chi connectivity index (χ1) is 9.13. The highest BCUT2D eigenvalue weighted by atomic mass is 35.5. The van der Waals surface area contributed by atoms with E-state index >= 15 is 0 Å². The van der Waals surface area contributed by atoms with E-state index in [2.05, 4.69) is 34.2 Å². The van der Waals surface area contributed by atoms with E-state index in [0.29, 0.717) is 0 Å². The fourth-order valence-corrected chi connectivity index (χ4v) is 2.57.